The summed E-state index contributed by atoms with van der Waals surface area (Å²) in [6.07, 6.45) is 6.80. The summed E-state index contributed by atoms with van der Waals surface area (Å²) < 4.78 is 8.15. The molecule has 2 unspecified atom stereocenters. The Bertz CT molecular complexity index is 2430. The fraction of sp³-hybridized carbons (Fsp3) is 0.447. The van der Waals surface area contributed by atoms with Gasteiger partial charge in [0.1, 0.15) is 35.4 Å². The Labute approximate surface area is 361 Å². The van der Waals surface area contributed by atoms with Gasteiger partial charge in [0.05, 0.1) is 11.4 Å². The summed E-state index contributed by atoms with van der Waals surface area (Å²) in [7, 11) is 0. The zero-order valence-electron chi connectivity index (χ0n) is 35.2. The number of piperazine rings is 1. The molecule has 3 N–H and O–H groups in total. The van der Waals surface area contributed by atoms with Gasteiger partial charge in [-0.25, -0.2) is 14.6 Å². The number of nitrogens with zero attached hydrogens (tertiary/aromatic N) is 9. The molecule has 3 amide bonds. The van der Waals surface area contributed by atoms with Crippen molar-refractivity contribution in [1.82, 2.24) is 44.7 Å². The molecular formula is C47H55N11O4. The second-order valence-electron chi connectivity index (χ2n) is 17.6. The smallest absolute Gasteiger partial charge is 0.255 e. The van der Waals surface area contributed by atoms with E-state index in [9.17, 15) is 14.4 Å². The number of carbonyl (C=O) groups excluding carboxylic acids is 3. The number of likely N-dealkylation sites (tertiary alicyclic amines) is 2. The number of nitrogen functional groups attached to an aromatic ring is 1. The number of fused-ring (bicyclic) bond motifs is 2. The predicted molar refractivity (Wildman–Crippen MR) is 237 cm³/mol. The monoisotopic (exact) mass is 837 g/mol. The number of nitrogens with one attached hydrogen (secondary N) is 1. The maximum absolute atomic E-state index is 13.2. The number of amides is 3. The number of carbonyl (C=O) groups is 3. The van der Waals surface area contributed by atoms with Gasteiger partial charge in [0.2, 0.25) is 11.8 Å². The van der Waals surface area contributed by atoms with Crippen molar-refractivity contribution in [2.75, 3.05) is 82.6 Å². The number of nitrogens with two attached hydrogens (primary N) is 1. The lowest BCUT2D eigenvalue weighted by Gasteiger charge is -2.39. The van der Waals surface area contributed by atoms with Gasteiger partial charge in [-0.2, -0.15) is 5.10 Å². The van der Waals surface area contributed by atoms with Crippen LogP contribution in [0.5, 0.6) is 11.5 Å². The molecule has 322 valence electrons. The quantitative estimate of drug-likeness (QED) is 0.176. The number of ether oxygens (including phenoxy) is 1. The van der Waals surface area contributed by atoms with Gasteiger partial charge >= 0.3 is 0 Å². The van der Waals surface area contributed by atoms with E-state index in [2.05, 4.69) is 40.6 Å². The molecule has 0 aliphatic carbocycles. The number of hydrogen-bond donors (Lipinski definition) is 2. The lowest BCUT2D eigenvalue weighted by molar-refractivity contribution is -0.136. The summed E-state index contributed by atoms with van der Waals surface area (Å²) in [6.45, 7) is 11.9. The highest BCUT2D eigenvalue weighted by molar-refractivity contribution is 6.05. The van der Waals surface area contributed by atoms with Gasteiger partial charge in [-0.1, -0.05) is 18.2 Å². The minimum Gasteiger partial charge on any atom is -0.457 e. The molecule has 0 bridgehead atoms. The van der Waals surface area contributed by atoms with Crippen molar-refractivity contribution in [3.8, 4) is 22.8 Å². The molecule has 15 nitrogen and oxygen atoms in total. The van der Waals surface area contributed by atoms with E-state index in [0.717, 1.165) is 130 Å². The van der Waals surface area contributed by atoms with Gasteiger partial charge in [-0.3, -0.25) is 24.6 Å². The SMILES string of the molecule is Nc1ncnc2c1c(-c1ccc(Oc3ccccc3)cc1)nn2C1CCCN(CC2CCN(CCN3CCN(c4ccc5c(c4)CN(C4CCC(=O)NC4=O)C5=O)CC3)CC2)C1. The molecule has 7 heterocycles. The van der Waals surface area contributed by atoms with Crippen LogP contribution < -0.4 is 20.7 Å². The van der Waals surface area contributed by atoms with E-state index in [1.165, 1.54) is 12.8 Å². The third-order valence-electron chi connectivity index (χ3n) is 13.7. The first-order chi connectivity index (χ1) is 30.3. The molecule has 15 heteroatoms. The van der Waals surface area contributed by atoms with E-state index in [1.807, 2.05) is 66.7 Å². The summed E-state index contributed by atoms with van der Waals surface area (Å²) in [6, 6.07) is 23.5. The molecule has 5 aromatic rings. The van der Waals surface area contributed by atoms with Crippen molar-refractivity contribution in [3.05, 3.63) is 90.3 Å². The number of benzene rings is 3. The standard InChI is InChI=1S/C47H55N11O4/c48-44-42-43(33-8-11-38(12-9-33)62-37-6-2-1-3-7-37)52-58(45(42)50-31-49-44)36-5-4-18-55(30-36)28-32-16-19-53(20-17-32)21-22-54-23-25-56(26-24-54)35-10-13-39-34(27-35)29-57(47(39)61)40-14-15-41(59)51-46(40)60/h1-3,6-13,27,31-32,36,40H,4-5,14-26,28-30H2,(H2,48,49,50)(H,51,59,60). The second kappa shape index (κ2) is 17.5. The Kier molecular flexibility index (Phi) is 11.3. The van der Waals surface area contributed by atoms with Gasteiger partial charge in [0.15, 0.2) is 5.65 Å². The van der Waals surface area contributed by atoms with Crippen molar-refractivity contribution in [3.63, 3.8) is 0 Å². The van der Waals surface area contributed by atoms with Crippen molar-refractivity contribution in [2.45, 2.75) is 57.2 Å². The molecule has 0 saturated carbocycles. The topological polar surface area (TPSA) is 158 Å². The van der Waals surface area contributed by atoms with Gasteiger partial charge in [-0.15, -0.1) is 0 Å². The Balaban J connectivity index is 0.686. The molecular weight excluding hydrogens is 783 g/mol. The summed E-state index contributed by atoms with van der Waals surface area (Å²) in [4.78, 5) is 58.3. The zero-order valence-corrected chi connectivity index (χ0v) is 35.2. The molecule has 2 atom stereocenters. The first-order valence-electron chi connectivity index (χ1n) is 22.3. The minimum absolute atomic E-state index is 0.125. The Morgan fingerprint density at radius 1 is 0.774 bits per heavy atom. The number of para-hydroxylation sites is 1. The Hall–Kier alpha value is -5.90. The number of anilines is 2. The second-order valence-corrected chi connectivity index (χ2v) is 17.6. The van der Waals surface area contributed by atoms with Gasteiger partial charge in [0, 0.05) is 82.1 Å². The zero-order chi connectivity index (χ0) is 42.2. The van der Waals surface area contributed by atoms with Gasteiger partial charge in [-0.05, 0) is 118 Å². The highest BCUT2D eigenvalue weighted by Crippen LogP contribution is 2.36. The minimum atomic E-state index is -0.590. The van der Waals surface area contributed by atoms with E-state index in [-0.39, 0.29) is 30.2 Å². The summed E-state index contributed by atoms with van der Waals surface area (Å²) in [5.74, 6) is 1.92. The van der Waals surface area contributed by atoms with Crippen molar-refractivity contribution >= 4 is 40.3 Å². The third kappa shape index (κ3) is 8.36. The molecule has 5 aliphatic heterocycles. The van der Waals surface area contributed by atoms with Gasteiger partial charge < -0.3 is 30.1 Å². The average molecular weight is 838 g/mol. The first kappa shape index (κ1) is 40.2. The van der Waals surface area contributed by atoms with Crippen LogP contribution in [0.3, 0.4) is 0 Å². The Morgan fingerprint density at radius 3 is 2.31 bits per heavy atom. The van der Waals surface area contributed by atoms with Crippen LogP contribution in [0, 0.1) is 5.92 Å². The molecule has 62 heavy (non-hydrogen) atoms. The Morgan fingerprint density at radius 2 is 1.53 bits per heavy atom. The van der Waals surface area contributed by atoms with Crippen LogP contribution in [0.15, 0.2) is 79.1 Å². The normalized spacial score (nSPS) is 22.0. The fourth-order valence-corrected chi connectivity index (χ4v) is 10.2. The molecule has 0 radical (unpaired) electrons. The predicted octanol–water partition coefficient (Wildman–Crippen LogP) is 4.80. The summed E-state index contributed by atoms with van der Waals surface area (Å²) in [5, 5.41) is 8.38. The molecule has 3 aromatic carbocycles. The van der Waals surface area contributed by atoms with Crippen LogP contribution in [0.4, 0.5) is 11.5 Å². The molecule has 4 saturated heterocycles. The van der Waals surface area contributed by atoms with Gasteiger partial charge in [0.25, 0.3) is 5.91 Å². The number of aromatic nitrogens is 4. The molecule has 4 fully saturated rings. The number of hydrogen-bond acceptors (Lipinski definition) is 12. The maximum Gasteiger partial charge on any atom is 0.255 e. The number of rotatable bonds is 11. The molecule has 5 aliphatic rings. The van der Waals surface area contributed by atoms with E-state index >= 15 is 0 Å². The molecule has 0 spiro atoms. The molecule has 10 rings (SSSR count). The lowest BCUT2D eigenvalue weighted by atomic mass is 9.94. The highest BCUT2D eigenvalue weighted by Gasteiger charge is 2.39. The summed E-state index contributed by atoms with van der Waals surface area (Å²) >= 11 is 0. The average Bonchev–Trinajstić information content (AvgIpc) is 3.85. The van der Waals surface area contributed by atoms with Crippen LogP contribution in [-0.2, 0) is 16.1 Å². The lowest BCUT2D eigenvalue weighted by Crippen LogP contribution is -2.52. The van der Waals surface area contributed by atoms with Crippen LogP contribution in [0.25, 0.3) is 22.3 Å². The number of piperidine rings is 3. The fourth-order valence-electron chi connectivity index (χ4n) is 10.2. The third-order valence-corrected chi connectivity index (χ3v) is 13.7. The largest absolute Gasteiger partial charge is 0.457 e. The number of imide groups is 1. The van der Waals surface area contributed by atoms with Crippen molar-refractivity contribution < 1.29 is 19.1 Å². The van der Waals surface area contributed by atoms with Crippen molar-refractivity contribution in [1.29, 1.82) is 0 Å². The van der Waals surface area contributed by atoms with Crippen molar-refractivity contribution in [2.24, 2.45) is 5.92 Å². The highest BCUT2D eigenvalue weighted by atomic mass is 16.5. The first-order valence-corrected chi connectivity index (χ1v) is 22.3. The van der Waals surface area contributed by atoms with E-state index < -0.39 is 6.04 Å². The van der Waals surface area contributed by atoms with E-state index in [1.54, 1.807) is 11.2 Å². The summed E-state index contributed by atoms with van der Waals surface area (Å²) in [5.41, 5.74) is 11.8. The van der Waals surface area contributed by atoms with Crippen LogP contribution in [0.2, 0.25) is 0 Å². The maximum atomic E-state index is 13.2. The van der Waals surface area contributed by atoms with Crippen LogP contribution in [0.1, 0.15) is 60.5 Å². The van der Waals surface area contributed by atoms with Crippen LogP contribution in [-0.4, -0.2) is 135 Å². The van der Waals surface area contributed by atoms with E-state index in [0.29, 0.717) is 30.3 Å². The molecule has 2 aromatic heterocycles. The van der Waals surface area contributed by atoms with E-state index in [4.69, 9.17) is 20.6 Å². The van der Waals surface area contributed by atoms with Crippen LogP contribution >= 0.6 is 0 Å².